The lowest BCUT2D eigenvalue weighted by molar-refractivity contribution is -0.0505. The molecule has 1 aliphatic heterocycles. The van der Waals surface area contributed by atoms with Crippen molar-refractivity contribution in [2.75, 3.05) is 19.8 Å². The average molecular weight is 567 g/mol. The summed E-state index contributed by atoms with van der Waals surface area (Å²) in [6, 6.07) is 33.6. The Kier molecular flexibility index (Phi) is 9.82. The number of carboxylic acid groups (broad SMARTS) is 1. The van der Waals surface area contributed by atoms with E-state index in [2.05, 4.69) is 5.32 Å². The van der Waals surface area contributed by atoms with E-state index in [0.29, 0.717) is 50.6 Å². The van der Waals surface area contributed by atoms with Crippen LogP contribution in [0.1, 0.15) is 45.1 Å². The molecule has 8 nitrogen and oxygen atoms in total. The second kappa shape index (κ2) is 14.3. The van der Waals surface area contributed by atoms with Gasteiger partial charge in [0.15, 0.2) is 6.29 Å². The minimum Gasteiger partial charge on any atom is -0.489 e. The van der Waals surface area contributed by atoms with Gasteiger partial charge in [0.05, 0.1) is 19.3 Å². The van der Waals surface area contributed by atoms with Crippen LogP contribution in [0.3, 0.4) is 0 Å². The van der Waals surface area contributed by atoms with E-state index in [1.54, 1.807) is 0 Å². The van der Waals surface area contributed by atoms with E-state index in [-0.39, 0.29) is 12.2 Å². The number of ether oxygens (including phenoxy) is 3. The minimum absolute atomic E-state index is 0.0603. The molecule has 1 heterocycles. The van der Waals surface area contributed by atoms with E-state index < -0.39 is 12.1 Å². The fourth-order valence-corrected chi connectivity index (χ4v) is 4.90. The molecule has 0 aromatic heterocycles. The monoisotopic (exact) mass is 566 g/mol. The quantitative estimate of drug-likeness (QED) is 0.217. The Hall–Kier alpha value is -4.66. The van der Waals surface area contributed by atoms with E-state index in [1.165, 1.54) is 0 Å². The zero-order chi connectivity index (χ0) is 29.1. The number of carbonyl (C=O) groups is 2. The Labute approximate surface area is 245 Å². The zero-order valence-electron chi connectivity index (χ0n) is 23.2. The van der Waals surface area contributed by atoms with E-state index in [1.807, 2.05) is 114 Å². The van der Waals surface area contributed by atoms with Gasteiger partial charge in [0.2, 0.25) is 0 Å². The summed E-state index contributed by atoms with van der Waals surface area (Å²) < 4.78 is 17.2. The summed E-state index contributed by atoms with van der Waals surface area (Å²) >= 11 is 0. The molecule has 8 heteroatoms. The second-order valence-corrected chi connectivity index (χ2v) is 10.0. The van der Waals surface area contributed by atoms with Crippen LogP contribution < -0.4 is 10.1 Å². The summed E-state index contributed by atoms with van der Waals surface area (Å²) in [5.41, 5.74) is 4.16. The van der Waals surface area contributed by atoms with E-state index in [0.717, 1.165) is 22.3 Å². The van der Waals surface area contributed by atoms with Gasteiger partial charge in [-0.1, -0.05) is 84.9 Å². The smallest absolute Gasteiger partial charge is 0.405 e. The van der Waals surface area contributed by atoms with E-state index in [9.17, 15) is 14.7 Å². The van der Waals surface area contributed by atoms with Gasteiger partial charge in [-0.2, -0.15) is 0 Å². The highest BCUT2D eigenvalue weighted by Gasteiger charge is 2.21. The highest BCUT2D eigenvalue weighted by atomic mass is 16.7. The molecule has 5 rings (SSSR count). The number of hydrogen-bond donors (Lipinski definition) is 2. The molecule has 216 valence electrons. The number of nitrogens with zero attached hydrogens (tertiary/aromatic N) is 1. The van der Waals surface area contributed by atoms with Crippen molar-refractivity contribution in [3.05, 3.63) is 137 Å². The predicted octanol–water partition coefficient (Wildman–Crippen LogP) is 6.03. The van der Waals surface area contributed by atoms with E-state index in [4.69, 9.17) is 14.2 Å². The lowest BCUT2D eigenvalue weighted by Crippen LogP contribution is -2.33. The molecule has 0 bridgehead atoms. The number of carbonyl (C=O) groups excluding carboxylic acids is 1. The van der Waals surface area contributed by atoms with Gasteiger partial charge < -0.3 is 29.5 Å². The summed E-state index contributed by atoms with van der Waals surface area (Å²) in [7, 11) is 0. The lowest BCUT2D eigenvalue weighted by Gasteiger charge is -2.24. The molecule has 0 saturated carbocycles. The van der Waals surface area contributed by atoms with Crippen LogP contribution in [-0.4, -0.2) is 48.1 Å². The summed E-state index contributed by atoms with van der Waals surface area (Å²) in [5.74, 6) is 0.557. The first-order chi connectivity index (χ1) is 20.5. The van der Waals surface area contributed by atoms with Gasteiger partial charge in [-0.05, 0) is 46.5 Å². The summed E-state index contributed by atoms with van der Waals surface area (Å²) in [6.07, 6.45) is -0.777. The number of amides is 2. The standard InChI is InChI=1S/C34H34N2O6/c37-33(36(19-18-31-40-20-21-41-31)23-25-8-3-1-4-9-25)28-16-14-26(15-17-28)24-42-30-13-7-12-29(22-30)32(35-34(38)39)27-10-5-2-6-11-27/h1-17,22,31-32,35H,18-21,23-24H2,(H,38,39). The third kappa shape index (κ3) is 7.96. The molecule has 1 atom stereocenters. The van der Waals surface area contributed by atoms with Crippen molar-refractivity contribution in [2.24, 2.45) is 0 Å². The van der Waals surface area contributed by atoms with Crippen molar-refractivity contribution in [2.45, 2.75) is 31.9 Å². The molecule has 4 aromatic carbocycles. The maximum absolute atomic E-state index is 13.5. The molecule has 0 spiro atoms. The van der Waals surface area contributed by atoms with Gasteiger partial charge in [0.1, 0.15) is 12.4 Å². The van der Waals surface area contributed by atoms with Crippen LogP contribution in [0.5, 0.6) is 5.75 Å². The van der Waals surface area contributed by atoms with Crippen molar-refractivity contribution < 1.29 is 28.9 Å². The SMILES string of the molecule is O=C(O)NC(c1ccccc1)c1cccc(OCc2ccc(C(=O)N(CCC3OCCO3)Cc3ccccc3)cc2)c1. The van der Waals surface area contributed by atoms with Crippen molar-refractivity contribution in [1.82, 2.24) is 10.2 Å². The van der Waals surface area contributed by atoms with Gasteiger partial charge in [0, 0.05) is 25.1 Å². The Balaban J connectivity index is 1.23. The Bertz CT molecular complexity index is 1440. The molecule has 4 aromatic rings. The van der Waals surface area contributed by atoms with Crippen molar-refractivity contribution >= 4 is 12.0 Å². The molecule has 1 saturated heterocycles. The van der Waals surface area contributed by atoms with E-state index >= 15 is 0 Å². The molecule has 1 fully saturated rings. The number of benzene rings is 4. The predicted molar refractivity (Wildman–Crippen MR) is 158 cm³/mol. The molecule has 1 unspecified atom stereocenters. The third-order valence-electron chi connectivity index (χ3n) is 7.03. The average Bonchev–Trinajstić information content (AvgIpc) is 3.56. The first-order valence-electron chi connectivity index (χ1n) is 14.0. The molecule has 2 N–H and O–H groups in total. The highest BCUT2D eigenvalue weighted by Crippen LogP contribution is 2.26. The number of rotatable bonds is 12. The maximum Gasteiger partial charge on any atom is 0.405 e. The third-order valence-corrected chi connectivity index (χ3v) is 7.03. The molecular weight excluding hydrogens is 532 g/mol. The van der Waals surface area contributed by atoms with Crippen LogP contribution in [0.2, 0.25) is 0 Å². The van der Waals surface area contributed by atoms with Gasteiger partial charge in [0.25, 0.3) is 5.91 Å². The summed E-state index contributed by atoms with van der Waals surface area (Å²) in [5, 5.41) is 12.0. The highest BCUT2D eigenvalue weighted by molar-refractivity contribution is 5.94. The van der Waals surface area contributed by atoms with Crippen LogP contribution in [0.25, 0.3) is 0 Å². The van der Waals surface area contributed by atoms with Gasteiger partial charge in [-0.25, -0.2) is 4.79 Å². The second-order valence-electron chi connectivity index (χ2n) is 10.0. The Morgan fingerprint density at radius 3 is 2.19 bits per heavy atom. The van der Waals surface area contributed by atoms with Gasteiger partial charge >= 0.3 is 6.09 Å². The fraction of sp³-hybridized carbons (Fsp3) is 0.235. The van der Waals surface area contributed by atoms with Crippen molar-refractivity contribution in [3.8, 4) is 5.75 Å². The molecular formula is C34H34N2O6. The van der Waals surface area contributed by atoms with Crippen molar-refractivity contribution in [3.63, 3.8) is 0 Å². The van der Waals surface area contributed by atoms with Gasteiger partial charge in [-0.15, -0.1) is 0 Å². The largest absolute Gasteiger partial charge is 0.489 e. The summed E-state index contributed by atoms with van der Waals surface area (Å²) in [6.45, 7) is 2.47. The topological polar surface area (TPSA) is 97.3 Å². The molecule has 1 aliphatic rings. The zero-order valence-corrected chi connectivity index (χ0v) is 23.2. The molecule has 2 amide bonds. The fourth-order valence-electron chi connectivity index (χ4n) is 4.90. The van der Waals surface area contributed by atoms with Crippen LogP contribution in [0.15, 0.2) is 109 Å². The Morgan fingerprint density at radius 2 is 1.50 bits per heavy atom. The Morgan fingerprint density at radius 1 is 0.833 bits per heavy atom. The lowest BCUT2D eigenvalue weighted by atomic mass is 9.98. The van der Waals surface area contributed by atoms with Crippen molar-refractivity contribution in [1.29, 1.82) is 0 Å². The van der Waals surface area contributed by atoms with Crippen LogP contribution in [0.4, 0.5) is 4.79 Å². The minimum atomic E-state index is -1.10. The maximum atomic E-state index is 13.5. The first kappa shape index (κ1) is 28.9. The van der Waals surface area contributed by atoms with Crippen LogP contribution >= 0.6 is 0 Å². The molecule has 0 radical (unpaired) electrons. The first-order valence-corrected chi connectivity index (χ1v) is 14.0. The molecule has 0 aliphatic carbocycles. The number of nitrogens with one attached hydrogen (secondary N) is 1. The van der Waals surface area contributed by atoms with Gasteiger partial charge in [-0.3, -0.25) is 4.79 Å². The van der Waals surface area contributed by atoms with Crippen LogP contribution in [0, 0.1) is 0 Å². The van der Waals surface area contributed by atoms with Crippen LogP contribution in [-0.2, 0) is 22.6 Å². The normalized spacial score (nSPS) is 13.8. The number of hydrogen-bond acceptors (Lipinski definition) is 5. The summed E-state index contributed by atoms with van der Waals surface area (Å²) in [4.78, 5) is 26.8. The molecule has 42 heavy (non-hydrogen) atoms.